The lowest BCUT2D eigenvalue weighted by molar-refractivity contribution is -0.134. The van der Waals surface area contributed by atoms with Gasteiger partial charge in [-0.1, -0.05) is 13.8 Å². The van der Waals surface area contributed by atoms with Crippen molar-refractivity contribution in [3.63, 3.8) is 0 Å². The van der Waals surface area contributed by atoms with E-state index < -0.39 is 17.7 Å². The van der Waals surface area contributed by atoms with Crippen LogP contribution < -0.4 is 10.2 Å². The number of carbonyl (C=O) groups excluding carboxylic acids is 2. The molecule has 0 saturated carbocycles. The van der Waals surface area contributed by atoms with Crippen molar-refractivity contribution in [1.82, 2.24) is 20.2 Å². The highest BCUT2D eigenvalue weighted by Crippen LogP contribution is 2.14. The van der Waals surface area contributed by atoms with Gasteiger partial charge in [0.05, 0.1) is 0 Å². The smallest absolute Gasteiger partial charge is 0.408 e. The molecule has 0 unspecified atom stereocenters. The predicted molar refractivity (Wildman–Crippen MR) is 98.8 cm³/mol. The van der Waals surface area contributed by atoms with E-state index in [9.17, 15) is 9.59 Å². The molecule has 2 heterocycles. The van der Waals surface area contributed by atoms with Gasteiger partial charge in [0.25, 0.3) is 0 Å². The van der Waals surface area contributed by atoms with E-state index in [2.05, 4.69) is 20.2 Å². The van der Waals surface area contributed by atoms with Gasteiger partial charge in [-0.3, -0.25) is 4.79 Å². The molecule has 8 heteroatoms. The third-order valence-corrected chi connectivity index (χ3v) is 4.03. The zero-order valence-corrected chi connectivity index (χ0v) is 16.2. The van der Waals surface area contributed by atoms with Gasteiger partial charge >= 0.3 is 6.09 Å². The number of ether oxygens (including phenoxy) is 1. The van der Waals surface area contributed by atoms with Crippen molar-refractivity contribution in [1.29, 1.82) is 0 Å². The molecule has 0 radical (unpaired) electrons. The van der Waals surface area contributed by atoms with Crippen molar-refractivity contribution < 1.29 is 14.3 Å². The van der Waals surface area contributed by atoms with Crippen LogP contribution in [0, 0.1) is 5.92 Å². The third kappa shape index (κ3) is 5.57. The van der Waals surface area contributed by atoms with Crippen molar-refractivity contribution in [2.45, 2.75) is 46.3 Å². The van der Waals surface area contributed by atoms with E-state index in [0.717, 1.165) is 0 Å². The second-order valence-corrected chi connectivity index (χ2v) is 7.73. The number of piperazine rings is 1. The summed E-state index contributed by atoms with van der Waals surface area (Å²) in [5, 5.41) is 2.72. The van der Waals surface area contributed by atoms with E-state index in [1.807, 2.05) is 13.8 Å². The number of carbonyl (C=O) groups is 2. The van der Waals surface area contributed by atoms with Crippen molar-refractivity contribution in [3.8, 4) is 0 Å². The van der Waals surface area contributed by atoms with Gasteiger partial charge in [-0.15, -0.1) is 0 Å². The summed E-state index contributed by atoms with van der Waals surface area (Å²) in [7, 11) is 0. The van der Waals surface area contributed by atoms with E-state index in [0.29, 0.717) is 32.1 Å². The maximum Gasteiger partial charge on any atom is 0.408 e. The fourth-order valence-electron chi connectivity index (χ4n) is 2.73. The summed E-state index contributed by atoms with van der Waals surface area (Å²) >= 11 is 0. The summed E-state index contributed by atoms with van der Waals surface area (Å²) in [6, 6.07) is 1.17. The van der Waals surface area contributed by atoms with Crippen LogP contribution in [0.3, 0.4) is 0 Å². The topological polar surface area (TPSA) is 87.7 Å². The summed E-state index contributed by atoms with van der Waals surface area (Å²) < 4.78 is 5.29. The van der Waals surface area contributed by atoms with Gasteiger partial charge in [0.15, 0.2) is 0 Å². The molecule has 1 fully saturated rings. The Morgan fingerprint density at radius 1 is 1.12 bits per heavy atom. The molecule has 0 aliphatic carbocycles. The summed E-state index contributed by atoms with van der Waals surface area (Å²) in [5.74, 6) is 0.553. The molecule has 8 nitrogen and oxygen atoms in total. The molecule has 1 N–H and O–H groups in total. The first kappa shape index (κ1) is 19.9. The number of hydrogen-bond acceptors (Lipinski definition) is 6. The Hall–Kier alpha value is -2.38. The average molecular weight is 363 g/mol. The standard InChI is InChI=1S/C18H29N5O3/c1-13(2)14(21-17(25)26-18(3,4)5)15(24)22-9-11-23(12-10-22)16-19-7-6-8-20-16/h6-8,13-14H,9-12H2,1-5H3,(H,21,25)/t14-/m0/s1. The lowest BCUT2D eigenvalue weighted by Gasteiger charge is -2.37. The Balaban J connectivity index is 1.94. The molecular weight excluding hydrogens is 334 g/mol. The molecule has 2 amide bonds. The minimum absolute atomic E-state index is 0.0366. The number of nitrogens with one attached hydrogen (secondary N) is 1. The lowest BCUT2D eigenvalue weighted by atomic mass is 10.0. The highest BCUT2D eigenvalue weighted by molar-refractivity contribution is 5.86. The Morgan fingerprint density at radius 2 is 1.69 bits per heavy atom. The second-order valence-electron chi connectivity index (χ2n) is 7.73. The Kier molecular flexibility index (Phi) is 6.39. The monoisotopic (exact) mass is 363 g/mol. The van der Waals surface area contributed by atoms with Crippen LogP contribution in [0.25, 0.3) is 0 Å². The molecule has 0 bridgehead atoms. The minimum atomic E-state index is -0.607. The van der Waals surface area contributed by atoms with Crippen molar-refractivity contribution in [2.24, 2.45) is 5.92 Å². The molecule has 2 rings (SSSR count). The van der Waals surface area contributed by atoms with E-state index in [-0.39, 0.29) is 11.8 Å². The zero-order chi connectivity index (χ0) is 19.3. The SMILES string of the molecule is CC(C)[C@H](NC(=O)OC(C)(C)C)C(=O)N1CCN(c2ncccn2)CC1. The van der Waals surface area contributed by atoms with Crippen molar-refractivity contribution >= 4 is 17.9 Å². The van der Waals surface area contributed by atoms with Gasteiger partial charge in [0, 0.05) is 38.6 Å². The van der Waals surface area contributed by atoms with Crippen LogP contribution in [0.1, 0.15) is 34.6 Å². The molecule has 1 saturated heterocycles. The molecule has 1 aliphatic heterocycles. The maximum absolute atomic E-state index is 12.9. The Bertz CT molecular complexity index is 607. The van der Waals surface area contributed by atoms with Gasteiger partial charge in [0.1, 0.15) is 11.6 Å². The summed E-state index contributed by atoms with van der Waals surface area (Å²) in [6.07, 6.45) is 2.85. The Labute approximate surface area is 154 Å². The largest absolute Gasteiger partial charge is 0.444 e. The highest BCUT2D eigenvalue weighted by atomic mass is 16.6. The van der Waals surface area contributed by atoms with Gasteiger partial charge in [-0.2, -0.15) is 0 Å². The first-order chi connectivity index (χ1) is 12.2. The molecule has 1 aromatic rings. The van der Waals surface area contributed by atoms with Crippen LogP contribution in [0.5, 0.6) is 0 Å². The fraction of sp³-hybridized carbons (Fsp3) is 0.667. The molecule has 144 valence electrons. The van der Waals surface area contributed by atoms with Crippen LogP contribution in [0.15, 0.2) is 18.5 Å². The quantitative estimate of drug-likeness (QED) is 0.876. The number of anilines is 1. The van der Waals surface area contributed by atoms with Gasteiger partial charge in [-0.05, 0) is 32.8 Å². The van der Waals surface area contributed by atoms with Crippen LogP contribution in [0.2, 0.25) is 0 Å². The van der Waals surface area contributed by atoms with Crippen LogP contribution in [0.4, 0.5) is 10.7 Å². The number of amides is 2. The third-order valence-electron chi connectivity index (χ3n) is 4.03. The molecular formula is C18H29N5O3. The van der Waals surface area contributed by atoms with Crippen molar-refractivity contribution in [2.75, 3.05) is 31.1 Å². The van der Waals surface area contributed by atoms with Gasteiger partial charge in [0.2, 0.25) is 11.9 Å². The Morgan fingerprint density at radius 3 is 2.19 bits per heavy atom. The van der Waals surface area contributed by atoms with Gasteiger partial charge in [-0.25, -0.2) is 14.8 Å². The first-order valence-corrected chi connectivity index (χ1v) is 8.97. The van der Waals surface area contributed by atoms with E-state index in [4.69, 9.17) is 4.74 Å². The predicted octanol–water partition coefficient (Wildman–Crippen LogP) is 1.67. The van der Waals surface area contributed by atoms with Gasteiger partial charge < -0.3 is 19.9 Å². The number of hydrogen-bond donors (Lipinski definition) is 1. The minimum Gasteiger partial charge on any atom is -0.444 e. The zero-order valence-electron chi connectivity index (χ0n) is 16.2. The number of aromatic nitrogens is 2. The number of nitrogens with zero attached hydrogens (tertiary/aromatic N) is 4. The maximum atomic E-state index is 12.9. The molecule has 1 atom stereocenters. The average Bonchev–Trinajstić information content (AvgIpc) is 2.58. The highest BCUT2D eigenvalue weighted by Gasteiger charge is 2.32. The number of alkyl carbamates (subject to hydrolysis) is 1. The van der Waals surface area contributed by atoms with Crippen LogP contribution >= 0.6 is 0 Å². The summed E-state index contributed by atoms with van der Waals surface area (Å²) in [4.78, 5) is 37.3. The van der Waals surface area contributed by atoms with Crippen LogP contribution in [-0.4, -0.2) is 64.7 Å². The normalized spacial score (nSPS) is 16.4. The van der Waals surface area contributed by atoms with E-state index in [1.165, 1.54) is 0 Å². The summed E-state index contributed by atoms with van der Waals surface area (Å²) in [6.45, 7) is 11.7. The van der Waals surface area contributed by atoms with E-state index >= 15 is 0 Å². The second kappa shape index (κ2) is 8.33. The van der Waals surface area contributed by atoms with Crippen molar-refractivity contribution in [3.05, 3.63) is 18.5 Å². The van der Waals surface area contributed by atoms with E-state index in [1.54, 1.807) is 44.1 Å². The van der Waals surface area contributed by atoms with Crippen LogP contribution in [-0.2, 0) is 9.53 Å². The molecule has 1 aromatic heterocycles. The molecule has 1 aliphatic rings. The summed E-state index contributed by atoms with van der Waals surface area (Å²) in [5.41, 5.74) is -0.601. The molecule has 26 heavy (non-hydrogen) atoms. The molecule has 0 aromatic carbocycles. The fourth-order valence-corrected chi connectivity index (χ4v) is 2.73. The first-order valence-electron chi connectivity index (χ1n) is 8.97. The lowest BCUT2D eigenvalue weighted by Crippen LogP contribution is -2.57. The molecule has 0 spiro atoms. The number of rotatable bonds is 4.